The Kier molecular flexibility index (Phi) is 3.68. The molecule has 0 saturated heterocycles. The molecule has 0 saturated carbocycles. The van der Waals surface area contributed by atoms with E-state index in [0.717, 1.165) is 17.0 Å². The van der Waals surface area contributed by atoms with Crippen molar-refractivity contribution in [2.24, 2.45) is 0 Å². The molecule has 0 N–H and O–H groups in total. The predicted octanol–water partition coefficient (Wildman–Crippen LogP) is 3.93. The van der Waals surface area contributed by atoms with Gasteiger partial charge in [-0.15, -0.1) is 0 Å². The number of methoxy groups -OCH3 is 1. The van der Waals surface area contributed by atoms with Crippen molar-refractivity contribution < 1.29 is 9.53 Å². The Morgan fingerprint density at radius 1 is 1.13 bits per heavy atom. The summed E-state index contributed by atoms with van der Waals surface area (Å²) in [7, 11) is 1.59. The highest BCUT2D eigenvalue weighted by atomic mass is 16.5. The van der Waals surface area contributed by atoms with Gasteiger partial charge in [0.25, 0.3) is 5.91 Å². The molecule has 0 aliphatic carbocycles. The lowest BCUT2D eigenvalue weighted by Crippen LogP contribution is -2.49. The summed E-state index contributed by atoms with van der Waals surface area (Å²) in [6.45, 7) is 6.08. The maximum absolute atomic E-state index is 13.1. The van der Waals surface area contributed by atoms with Gasteiger partial charge in [-0.1, -0.05) is 24.3 Å². The molecule has 0 atom stereocenters. The molecule has 118 valence electrons. The third-order valence-corrected chi connectivity index (χ3v) is 4.04. The molecule has 1 amide bonds. The third kappa shape index (κ3) is 2.61. The van der Waals surface area contributed by atoms with E-state index in [4.69, 9.17) is 4.74 Å². The number of hydrogen-bond donors (Lipinski definition) is 0. The molecule has 1 aliphatic rings. The molecular weight excluding hydrogens is 288 g/mol. The molecule has 4 heteroatoms. The molecule has 1 aromatic heterocycles. The van der Waals surface area contributed by atoms with Crippen LogP contribution < -0.4 is 9.64 Å². The summed E-state index contributed by atoms with van der Waals surface area (Å²) >= 11 is 0. The number of carbonyl (C=O) groups is 1. The number of amides is 1. The Balaban J connectivity index is 2.15. The zero-order valence-corrected chi connectivity index (χ0v) is 13.8. The normalized spacial score (nSPS) is 15.7. The van der Waals surface area contributed by atoms with Gasteiger partial charge in [0.05, 0.1) is 24.0 Å². The van der Waals surface area contributed by atoms with Crippen LogP contribution >= 0.6 is 0 Å². The van der Waals surface area contributed by atoms with Crippen molar-refractivity contribution >= 4 is 17.2 Å². The number of ether oxygens (including phenoxy) is 1. The quantitative estimate of drug-likeness (QED) is 0.844. The topological polar surface area (TPSA) is 42.4 Å². The zero-order chi connectivity index (χ0) is 16.6. The lowest BCUT2D eigenvalue weighted by atomic mass is 9.90. The van der Waals surface area contributed by atoms with Gasteiger partial charge in [-0.05, 0) is 44.5 Å². The van der Waals surface area contributed by atoms with Gasteiger partial charge in [-0.2, -0.15) is 0 Å². The first-order valence-electron chi connectivity index (χ1n) is 7.58. The molecule has 1 aromatic carbocycles. The predicted molar refractivity (Wildman–Crippen MR) is 91.8 cm³/mol. The van der Waals surface area contributed by atoms with Crippen molar-refractivity contribution in [1.82, 2.24) is 4.98 Å². The zero-order valence-electron chi connectivity index (χ0n) is 13.8. The fraction of sp³-hybridized carbons (Fsp3) is 0.263. The standard InChI is InChI=1S/C19H20N2O2/c1-13-12-19(2,3)21(18(22)14-8-6-5-7-9-14)15-10-11-16(23-4)20-17(13)15/h5-12H,1-4H3. The second-order valence-corrected chi connectivity index (χ2v) is 6.21. The van der Waals surface area contributed by atoms with Crippen molar-refractivity contribution in [3.63, 3.8) is 0 Å². The highest BCUT2D eigenvalue weighted by Crippen LogP contribution is 2.39. The number of allylic oxidation sites excluding steroid dienone is 1. The Morgan fingerprint density at radius 2 is 1.83 bits per heavy atom. The number of hydrogen-bond acceptors (Lipinski definition) is 3. The molecule has 0 fully saturated rings. The van der Waals surface area contributed by atoms with E-state index in [0.29, 0.717) is 11.4 Å². The van der Waals surface area contributed by atoms with Crippen molar-refractivity contribution in [3.8, 4) is 5.88 Å². The van der Waals surface area contributed by atoms with Crippen LogP contribution in [0.15, 0.2) is 48.5 Å². The second-order valence-electron chi connectivity index (χ2n) is 6.21. The molecular formula is C19H20N2O2. The number of aromatic nitrogens is 1. The van der Waals surface area contributed by atoms with E-state index in [1.807, 2.05) is 57.2 Å². The molecule has 3 rings (SSSR count). The Hall–Kier alpha value is -2.62. The number of anilines is 1. The van der Waals surface area contributed by atoms with Gasteiger partial charge in [-0.3, -0.25) is 9.69 Å². The average Bonchev–Trinajstić information content (AvgIpc) is 2.54. The van der Waals surface area contributed by atoms with Crippen LogP contribution in [0.2, 0.25) is 0 Å². The summed E-state index contributed by atoms with van der Waals surface area (Å²) in [4.78, 5) is 19.4. The molecule has 0 radical (unpaired) electrons. The fourth-order valence-electron chi connectivity index (χ4n) is 3.07. The minimum atomic E-state index is -0.430. The first-order chi connectivity index (χ1) is 10.9. The van der Waals surface area contributed by atoms with E-state index < -0.39 is 5.54 Å². The van der Waals surface area contributed by atoms with Crippen LogP contribution in [0.1, 0.15) is 36.8 Å². The van der Waals surface area contributed by atoms with Gasteiger partial charge >= 0.3 is 0 Å². The number of pyridine rings is 1. The summed E-state index contributed by atoms with van der Waals surface area (Å²) in [5, 5.41) is 0. The van der Waals surface area contributed by atoms with Crippen molar-refractivity contribution in [2.45, 2.75) is 26.3 Å². The van der Waals surface area contributed by atoms with E-state index in [1.54, 1.807) is 18.1 Å². The monoisotopic (exact) mass is 308 g/mol. The molecule has 4 nitrogen and oxygen atoms in total. The number of carbonyl (C=O) groups excluding carboxylic acids is 1. The van der Waals surface area contributed by atoms with Gasteiger partial charge in [0.2, 0.25) is 5.88 Å². The highest BCUT2D eigenvalue weighted by molar-refractivity contribution is 6.09. The molecule has 2 aromatic rings. The van der Waals surface area contributed by atoms with Gasteiger partial charge < -0.3 is 4.74 Å². The largest absolute Gasteiger partial charge is 0.481 e. The van der Waals surface area contributed by atoms with Gasteiger partial charge in [-0.25, -0.2) is 4.98 Å². The minimum absolute atomic E-state index is 0.0347. The SMILES string of the molecule is COc1ccc2c(n1)C(C)=CC(C)(C)N2C(=O)c1ccccc1. The summed E-state index contributed by atoms with van der Waals surface area (Å²) in [6.07, 6.45) is 2.07. The molecule has 1 aliphatic heterocycles. The van der Waals surface area contributed by atoms with Crippen LogP contribution in [-0.4, -0.2) is 23.5 Å². The third-order valence-electron chi connectivity index (χ3n) is 4.04. The summed E-state index contributed by atoms with van der Waals surface area (Å²) in [5.41, 5.74) is 2.87. The van der Waals surface area contributed by atoms with Gasteiger partial charge in [0, 0.05) is 11.6 Å². The smallest absolute Gasteiger partial charge is 0.259 e. The highest BCUT2D eigenvalue weighted by Gasteiger charge is 2.37. The van der Waals surface area contributed by atoms with Crippen LogP contribution in [0.5, 0.6) is 5.88 Å². The molecule has 2 heterocycles. The molecule has 23 heavy (non-hydrogen) atoms. The maximum Gasteiger partial charge on any atom is 0.259 e. The van der Waals surface area contributed by atoms with Gasteiger partial charge in [0.1, 0.15) is 0 Å². The number of fused-ring (bicyclic) bond motifs is 1. The van der Waals surface area contributed by atoms with E-state index >= 15 is 0 Å². The van der Waals surface area contributed by atoms with Crippen LogP contribution in [-0.2, 0) is 0 Å². The Labute approximate surface area is 136 Å². The average molecular weight is 308 g/mol. The van der Waals surface area contributed by atoms with E-state index in [2.05, 4.69) is 11.1 Å². The summed E-state index contributed by atoms with van der Waals surface area (Å²) < 4.78 is 5.22. The molecule has 0 bridgehead atoms. The van der Waals surface area contributed by atoms with Crippen molar-refractivity contribution in [3.05, 3.63) is 59.8 Å². The maximum atomic E-state index is 13.1. The van der Waals surface area contributed by atoms with Crippen molar-refractivity contribution in [1.29, 1.82) is 0 Å². The minimum Gasteiger partial charge on any atom is -0.481 e. The van der Waals surface area contributed by atoms with Gasteiger partial charge in [0.15, 0.2) is 0 Å². The van der Waals surface area contributed by atoms with Crippen LogP contribution in [0, 0.1) is 0 Å². The Bertz CT molecular complexity index is 779. The lowest BCUT2D eigenvalue weighted by Gasteiger charge is -2.41. The molecule has 0 unspecified atom stereocenters. The number of nitrogens with zero attached hydrogens (tertiary/aromatic N) is 2. The molecule has 0 spiro atoms. The summed E-state index contributed by atoms with van der Waals surface area (Å²) in [6, 6.07) is 13.0. The second kappa shape index (κ2) is 5.54. The van der Waals surface area contributed by atoms with Crippen LogP contribution in [0.3, 0.4) is 0 Å². The van der Waals surface area contributed by atoms with Crippen molar-refractivity contribution in [2.75, 3.05) is 12.0 Å². The number of benzene rings is 1. The van der Waals surface area contributed by atoms with Crippen LogP contribution in [0.4, 0.5) is 5.69 Å². The summed E-state index contributed by atoms with van der Waals surface area (Å²) in [5.74, 6) is 0.510. The van der Waals surface area contributed by atoms with E-state index in [9.17, 15) is 4.79 Å². The number of rotatable bonds is 2. The fourth-order valence-corrected chi connectivity index (χ4v) is 3.07. The van der Waals surface area contributed by atoms with E-state index in [1.165, 1.54) is 0 Å². The first-order valence-corrected chi connectivity index (χ1v) is 7.58. The van der Waals surface area contributed by atoms with Crippen LogP contribution in [0.25, 0.3) is 5.57 Å². The first kappa shape index (κ1) is 15.3. The Morgan fingerprint density at radius 3 is 2.48 bits per heavy atom. The lowest BCUT2D eigenvalue weighted by molar-refractivity contribution is 0.0970. The van der Waals surface area contributed by atoms with E-state index in [-0.39, 0.29) is 5.91 Å².